The molecular weight excluding hydrogens is 252 g/mol. The minimum atomic E-state index is -0.410. The van der Waals surface area contributed by atoms with Crippen LogP contribution in [0.3, 0.4) is 0 Å². The second kappa shape index (κ2) is 4.74. The molecule has 0 aromatic heterocycles. The smallest absolute Gasteiger partial charge is 0.246 e. The summed E-state index contributed by atoms with van der Waals surface area (Å²) in [5.41, 5.74) is -0.491. The van der Waals surface area contributed by atoms with E-state index in [1.54, 1.807) is 0 Å². The highest BCUT2D eigenvalue weighted by Gasteiger charge is 2.50. The Morgan fingerprint density at radius 2 is 1.60 bits per heavy atom. The Balaban J connectivity index is 2.30. The van der Waals surface area contributed by atoms with Crippen molar-refractivity contribution < 1.29 is 9.59 Å². The van der Waals surface area contributed by atoms with Crippen LogP contribution in [-0.2, 0) is 9.59 Å². The third kappa shape index (κ3) is 2.99. The molecule has 1 saturated heterocycles. The van der Waals surface area contributed by atoms with Gasteiger partial charge in [-0.25, -0.2) is 0 Å². The lowest BCUT2D eigenvalue weighted by atomic mass is 9.78. The molecule has 1 aliphatic carbocycles. The molecule has 4 heteroatoms. The number of amides is 2. The normalized spacial score (nSPS) is 28.6. The van der Waals surface area contributed by atoms with Gasteiger partial charge in [0.05, 0.1) is 0 Å². The highest BCUT2D eigenvalue weighted by molar-refractivity contribution is 5.97. The van der Waals surface area contributed by atoms with Crippen LogP contribution in [0.1, 0.15) is 54.4 Å². The monoisotopic (exact) mass is 280 g/mol. The van der Waals surface area contributed by atoms with Gasteiger partial charge < -0.3 is 10.2 Å². The van der Waals surface area contributed by atoms with E-state index >= 15 is 0 Å². The van der Waals surface area contributed by atoms with Gasteiger partial charge in [0.1, 0.15) is 12.1 Å². The van der Waals surface area contributed by atoms with Gasteiger partial charge in [-0.05, 0) is 29.6 Å². The van der Waals surface area contributed by atoms with Crippen molar-refractivity contribution in [2.24, 2.45) is 16.7 Å². The SMILES string of the molecule is CC(C)(C)C1NC(=O)C(C(C)(C)C)N(CC2CC2)C1=O. The first kappa shape index (κ1) is 15.3. The molecule has 2 aliphatic rings. The van der Waals surface area contributed by atoms with E-state index < -0.39 is 6.04 Å². The van der Waals surface area contributed by atoms with Gasteiger partial charge in [0, 0.05) is 6.54 Å². The molecule has 1 aliphatic heterocycles. The molecule has 2 atom stereocenters. The zero-order valence-corrected chi connectivity index (χ0v) is 13.6. The maximum Gasteiger partial charge on any atom is 0.246 e. The molecule has 2 unspecified atom stereocenters. The van der Waals surface area contributed by atoms with Crippen molar-refractivity contribution in [3.63, 3.8) is 0 Å². The molecule has 0 spiro atoms. The van der Waals surface area contributed by atoms with Crippen LogP contribution in [0.25, 0.3) is 0 Å². The molecule has 0 aromatic rings. The highest BCUT2D eigenvalue weighted by Crippen LogP contribution is 2.36. The van der Waals surface area contributed by atoms with Crippen LogP contribution in [-0.4, -0.2) is 35.3 Å². The average molecular weight is 280 g/mol. The molecule has 1 heterocycles. The van der Waals surface area contributed by atoms with Gasteiger partial charge in [0.15, 0.2) is 0 Å². The number of carbonyl (C=O) groups excluding carboxylic acids is 2. The molecule has 1 N–H and O–H groups in total. The fraction of sp³-hybridized carbons (Fsp3) is 0.875. The van der Waals surface area contributed by atoms with Crippen molar-refractivity contribution in [3.05, 3.63) is 0 Å². The lowest BCUT2D eigenvalue weighted by Gasteiger charge is -2.47. The fourth-order valence-corrected chi connectivity index (χ4v) is 2.94. The Bertz CT molecular complexity index is 413. The molecule has 0 radical (unpaired) electrons. The lowest BCUT2D eigenvalue weighted by Crippen LogP contribution is -2.69. The van der Waals surface area contributed by atoms with Crippen LogP contribution in [0.4, 0.5) is 0 Å². The van der Waals surface area contributed by atoms with Crippen molar-refractivity contribution in [2.75, 3.05) is 6.54 Å². The van der Waals surface area contributed by atoms with Crippen molar-refractivity contribution in [1.82, 2.24) is 10.2 Å². The molecule has 0 aromatic carbocycles. The first-order chi connectivity index (χ1) is 9.01. The number of nitrogens with zero attached hydrogens (tertiary/aromatic N) is 1. The van der Waals surface area contributed by atoms with Crippen LogP contribution in [0.2, 0.25) is 0 Å². The number of carbonyl (C=O) groups is 2. The van der Waals surface area contributed by atoms with Crippen LogP contribution < -0.4 is 5.32 Å². The van der Waals surface area contributed by atoms with E-state index in [0.29, 0.717) is 5.92 Å². The zero-order valence-electron chi connectivity index (χ0n) is 13.6. The lowest BCUT2D eigenvalue weighted by molar-refractivity contribution is -0.157. The van der Waals surface area contributed by atoms with Crippen LogP contribution in [0.5, 0.6) is 0 Å². The predicted octanol–water partition coefficient (Wildman–Crippen LogP) is 2.18. The number of hydrogen-bond donors (Lipinski definition) is 1. The van der Waals surface area contributed by atoms with E-state index in [9.17, 15) is 9.59 Å². The van der Waals surface area contributed by atoms with Gasteiger partial charge in [-0.3, -0.25) is 9.59 Å². The summed E-state index contributed by atoms with van der Waals surface area (Å²) < 4.78 is 0. The summed E-state index contributed by atoms with van der Waals surface area (Å²) in [6.45, 7) is 12.8. The number of rotatable bonds is 2. The minimum Gasteiger partial charge on any atom is -0.342 e. The van der Waals surface area contributed by atoms with Crippen molar-refractivity contribution in [1.29, 1.82) is 0 Å². The maximum absolute atomic E-state index is 12.8. The van der Waals surface area contributed by atoms with Crippen molar-refractivity contribution in [2.45, 2.75) is 66.5 Å². The third-order valence-electron chi connectivity index (χ3n) is 4.21. The van der Waals surface area contributed by atoms with E-state index in [1.165, 1.54) is 12.8 Å². The Labute approximate surface area is 122 Å². The highest BCUT2D eigenvalue weighted by atomic mass is 16.2. The second-order valence-electron chi connectivity index (χ2n) is 8.51. The van der Waals surface area contributed by atoms with E-state index in [0.717, 1.165) is 6.54 Å². The van der Waals surface area contributed by atoms with Crippen LogP contribution in [0, 0.1) is 16.7 Å². The van der Waals surface area contributed by atoms with Crippen molar-refractivity contribution >= 4 is 11.8 Å². The van der Waals surface area contributed by atoms with Crippen molar-refractivity contribution in [3.8, 4) is 0 Å². The number of piperazine rings is 1. The number of hydrogen-bond acceptors (Lipinski definition) is 2. The summed E-state index contributed by atoms with van der Waals surface area (Å²) in [5, 5.41) is 2.96. The van der Waals surface area contributed by atoms with E-state index in [2.05, 4.69) is 5.32 Å². The van der Waals surface area contributed by atoms with E-state index in [-0.39, 0.29) is 28.7 Å². The fourth-order valence-electron chi connectivity index (χ4n) is 2.94. The summed E-state index contributed by atoms with van der Waals surface area (Å²) in [4.78, 5) is 27.3. The van der Waals surface area contributed by atoms with Gasteiger partial charge in [0.25, 0.3) is 0 Å². The molecule has 2 amide bonds. The summed E-state index contributed by atoms with van der Waals surface area (Å²) >= 11 is 0. The van der Waals surface area contributed by atoms with Gasteiger partial charge in [-0.2, -0.15) is 0 Å². The Morgan fingerprint density at radius 3 is 2.00 bits per heavy atom. The minimum absolute atomic E-state index is 0.00215. The average Bonchev–Trinajstić information content (AvgIpc) is 3.03. The molecule has 20 heavy (non-hydrogen) atoms. The zero-order chi connectivity index (χ0) is 15.3. The van der Waals surface area contributed by atoms with Gasteiger partial charge >= 0.3 is 0 Å². The molecule has 0 bridgehead atoms. The van der Waals surface area contributed by atoms with E-state index in [1.807, 2.05) is 46.4 Å². The van der Waals surface area contributed by atoms with Gasteiger partial charge in [-0.1, -0.05) is 41.5 Å². The summed E-state index contributed by atoms with van der Waals surface area (Å²) in [7, 11) is 0. The molecule has 2 rings (SSSR count). The molecule has 4 nitrogen and oxygen atoms in total. The standard InChI is InChI=1S/C16H28N2O2/c1-15(2,3)11-14(20)18(9-10-7-8-10)12(13(19)17-11)16(4,5)6/h10-12H,7-9H2,1-6H3,(H,17,19). The Kier molecular flexibility index (Phi) is 3.64. The molecule has 2 fully saturated rings. The molecular formula is C16H28N2O2. The van der Waals surface area contributed by atoms with E-state index in [4.69, 9.17) is 0 Å². The first-order valence-corrected chi connectivity index (χ1v) is 7.62. The quantitative estimate of drug-likeness (QED) is 0.843. The first-order valence-electron chi connectivity index (χ1n) is 7.62. The largest absolute Gasteiger partial charge is 0.342 e. The van der Waals surface area contributed by atoms with Gasteiger partial charge in [-0.15, -0.1) is 0 Å². The Hall–Kier alpha value is -1.06. The molecule has 1 saturated carbocycles. The van der Waals surface area contributed by atoms with Crippen LogP contribution in [0.15, 0.2) is 0 Å². The topological polar surface area (TPSA) is 49.4 Å². The summed E-state index contributed by atoms with van der Waals surface area (Å²) in [6, 6.07) is -0.762. The Morgan fingerprint density at radius 1 is 1.05 bits per heavy atom. The number of nitrogens with one attached hydrogen (secondary N) is 1. The van der Waals surface area contributed by atoms with Gasteiger partial charge in [0.2, 0.25) is 11.8 Å². The summed E-state index contributed by atoms with van der Waals surface area (Å²) in [6.07, 6.45) is 2.37. The molecule has 114 valence electrons. The maximum atomic E-state index is 12.8. The third-order valence-corrected chi connectivity index (χ3v) is 4.21. The predicted molar refractivity (Wildman–Crippen MR) is 79.1 cm³/mol. The second-order valence-corrected chi connectivity index (χ2v) is 8.51. The summed E-state index contributed by atoms with van der Waals surface area (Å²) in [5.74, 6) is 0.678. The van der Waals surface area contributed by atoms with Crippen LogP contribution >= 0.6 is 0 Å².